The smallest absolute Gasteiger partial charge is 0.172 e. The van der Waals surface area contributed by atoms with Gasteiger partial charge in [-0.1, -0.05) is 12.8 Å². The lowest BCUT2D eigenvalue weighted by molar-refractivity contribution is 0.0982. The second-order valence-corrected chi connectivity index (χ2v) is 5.10. The SMILES string of the molecule is Cc1ccc(C(=O)CCC2CC2)s1. The molecule has 2 rings (SSSR count). The summed E-state index contributed by atoms with van der Waals surface area (Å²) in [4.78, 5) is 13.8. The second kappa shape index (κ2) is 3.62. The molecule has 0 amide bonds. The van der Waals surface area contributed by atoms with Gasteiger partial charge in [0.1, 0.15) is 0 Å². The van der Waals surface area contributed by atoms with Crippen LogP contribution < -0.4 is 0 Å². The minimum atomic E-state index is 0.338. The minimum Gasteiger partial charge on any atom is -0.293 e. The summed E-state index contributed by atoms with van der Waals surface area (Å²) < 4.78 is 0. The Kier molecular flexibility index (Phi) is 2.49. The van der Waals surface area contributed by atoms with Gasteiger partial charge in [0.15, 0.2) is 5.78 Å². The molecule has 1 nitrogen and oxygen atoms in total. The van der Waals surface area contributed by atoms with Crippen LogP contribution in [0.4, 0.5) is 0 Å². The highest BCUT2D eigenvalue weighted by Gasteiger charge is 2.22. The Hall–Kier alpha value is -0.630. The van der Waals surface area contributed by atoms with E-state index in [0.29, 0.717) is 5.78 Å². The quantitative estimate of drug-likeness (QED) is 0.671. The number of carbonyl (C=O) groups is 1. The average molecular weight is 194 g/mol. The van der Waals surface area contributed by atoms with E-state index in [1.165, 1.54) is 17.7 Å². The molecular formula is C11H14OS. The Bertz CT molecular complexity index is 310. The third-order valence-electron chi connectivity index (χ3n) is 2.49. The summed E-state index contributed by atoms with van der Waals surface area (Å²) in [6.07, 6.45) is 4.55. The molecule has 1 aliphatic rings. The van der Waals surface area contributed by atoms with Crippen LogP contribution in [0.2, 0.25) is 0 Å². The van der Waals surface area contributed by atoms with Gasteiger partial charge in [-0.25, -0.2) is 0 Å². The van der Waals surface area contributed by atoms with E-state index >= 15 is 0 Å². The molecule has 0 aromatic carbocycles. The van der Waals surface area contributed by atoms with Crippen molar-refractivity contribution in [2.75, 3.05) is 0 Å². The number of aryl methyl sites for hydroxylation is 1. The maximum Gasteiger partial charge on any atom is 0.172 e. The van der Waals surface area contributed by atoms with Crippen molar-refractivity contribution in [3.05, 3.63) is 21.9 Å². The third-order valence-corrected chi connectivity index (χ3v) is 3.53. The Morgan fingerprint density at radius 3 is 2.85 bits per heavy atom. The maximum absolute atomic E-state index is 11.6. The van der Waals surface area contributed by atoms with E-state index in [1.54, 1.807) is 11.3 Å². The van der Waals surface area contributed by atoms with Crippen molar-refractivity contribution in [2.45, 2.75) is 32.6 Å². The van der Waals surface area contributed by atoms with Crippen molar-refractivity contribution in [2.24, 2.45) is 5.92 Å². The summed E-state index contributed by atoms with van der Waals surface area (Å²) in [7, 11) is 0. The van der Waals surface area contributed by atoms with Crippen LogP contribution in [0.1, 0.15) is 40.2 Å². The fraction of sp³-hybridized carbons (Fsp3) is 0.545. The van der Waals surface area contributed by atoms with E-state index in [9.17, 15) is 4.79 Å². The second-order valence-electron chi connectivity index (χ2n) is 3.82. The molecule has 1 aromatic heterocycles. The number of hydrogen-bond acceptors (Lipinski definition) is 2. The van der Waals surface area contributed by atoms with Gasteiger partial charge in [0.2, 0.25) is 0 Å². The van der Waals surface area contributed by atoms with Crippen molar-refractivity contribution < 1.29 is 4.79 Å². The van der Waals surface area contributed by atoms with E-state index in [2.05, 4.69) is 0 Å². The Morgan fingerprint density at radius 1 is 1.54 bits per heavy atom. The molecule has 1 aliphatic carbocycles. The number of thiophene rings is 1. The highest BCUT2D eigenvalue weighted by Crippen LogP contribution is 2.34. The molecule has 0 bridgehead atoms. The van der Waals surface area contributed by atoms with E-state index < -0.39 is 0 Å². The predicted octanol–water partition coefficient (Wildman–Crippen LogP) is 3.43. The first-order chi connectivity index (χ1) is 6.25. The summed E-state index contributed by atoms with van der Waals surface area (Å²) in [5, 5.41) is 0. The number of carbonyl (C=O) groups excluding carboxylic acids is 1. The molecule has 0 spiro atoms. The van der Waals surface area contributed by atoms with E-state index in [1.807, 2.05) is 19.1 Å². The van der Waals surface area contributed by atoms with Crippen LogP contribution in [0.5, 0.6) is 0 Å². The highest BCUT2D eigenvalue weighted by atomic mass is 32.1. The Balaban J connectivity index is 1.88. The molecule has 0 aliphatic heterocycles. The molecule has 1 aromatic rings. The van der Waals surface area contributed by atoms with E-state index in [-0.39, 0.29) is 0 Å². The van der Waals surface area contributed by atoms with Crippen molar-refractivity contribution >= 4 is 17.1 Å². The fourth-order valence-corrected chi connectivity index (χ4v) is 2.28. The van der Waals surface area contributed by atoms with Crippen molar-refractivity contribution in [1.29, 1.82) is 0 Å². The molecule has 2 heteroatoms. The first kappa shape index (κ1) is 8.95. The molecule has 0 N–H and O–H groups in total. The lowest BCUT2D eigenvalue weighted by atomic mass is 10.1. The molecule has 0 saturated heterocycles. The van der Waals surface area contributed by atoms with E-state index in [4.69, 9.17) is 0 Å². The molecule has 70 valence electrons. The predicted molar refractivity (Wildman–Crippen MR) is 55.3 cm³/mol. The van der Waals surface area contributed by atoms with Gasteiger partial charge in [0, 0.05) is 11.3 Å². The molecule has 1 heterocycles. The zero-order chi connectivity index (χ0) is 9.26. The van der Waals surface area contributed by atoms with Gasteiger partial charge in [0.25, 0.3) is 0 Å². The Labute approximate surface area is 82.8 Å². The zero-order valence-electron chi connectivity index (χ0n) is 7.88. The number of hydrogen-bond donors (Lipinski definition) is 0. The van der Waals surface area contributed by atoms with Crippen LogP contribution >= 0.6 is 11.3 Å². The van der Waals surface area contributed by atoms with Gasteiger partial charge < -0.3 is 0 Å². The highest BCUT2D eigenvalue weighted by molar-refractivity contribution is 7.14. The first-order valence-corrected chi connectivity index (χ1v) is 5.67. The summed E-state index contributed by atoms with van der Waals surface area (Å²) in [5.41, 5.74) is 0. The fourth-order valence-electron chi connectivity index (χ4n) is 1.45. The topological polar surface area (TPSA) is 17.1 Å². The van der Waals surface area contributed by atoms with Crippen LogP contribution in [-0.2, 0) is 0 Å². The summed E-state index contributed by atoms with van der Waals surface area (Å²) in [6, 6.07) is 3.98. The van der Waals surface area contributed by atoms with Gasteiger partial charge in [-0.05, 0) is 31.4 Å². The standard InChI is InChI=1S/C11H14OS/c1-8-2-7-11(13-8)10(12)6-5-9-3-4-9/h2,7,9H,3-6H2,1H3. The summed E-state index contributed by atoms with van der Waals surface area (Å²) in [5.74, 6) is 1.20. The number of ketones is 1. The summed E-state index contributed by atoms with van der Waals surface area (Å²) in [6.45, 7) is 2.04. The normalized spacial score (nSPS) is 16.1. The third kappa shape index (κ3) is 2.41. The average Bonchev–Trinajstić information content (AvgIpc) is 2.84. The van der Waals surface area contributed by atoms with Crippen LogP contribution in [0.3, 0.4) is 0 Å². The van der Waals surface area contributed by atoms with Crippen molar-refractivity contribution in [3.8, 4) is 0 Å². The molecule has 13 heavy (non-hydrogen) atoms. The van der Waals surface area contributed by atoms with Gasteiger partial charge >= 0.3 is 0 Å². The number of rotatable bonds is 4. The largest absolute Gasteiger partial charge is 0.293 e. The van der Waals surface area contributed by atoms with Gasteiger partial charge in [-0.15, -0.1) is 11.3 Å². The Morgan fingerprint density at radius 2 is 2.31 bits per heavy atom. The molecule has 0 atom stereocenters. The van der Waals surface area contributed by atoms with Crippen LogP contribution in [0.25, 0.3) is 0 Å². The first-order valence-electron chi connectivity index (χ1n) is 4.85. The number of Topliss-reactive ketones (excluding diaryl/α,β-unsaturated/α-hetero) is 1. The van der Waals surface area contributed by atoms with Gasteiger partial charge in [0.05, 0.1) is 4.88 Å². The van der Waals surface area contributed by atoms with Crippen LogP contribution in [0, 0.1) is 12.8 Å². The molecular weight excluding hydrogens is 180 g/mol. The molecule has 0 radical (unpaired) electrons. The minimum absolute atomic E-state index is 0.338. The monoisotopic (exact) mass is 194 g/mol. The molecule has 1 fully saturated rings. The van der Waals surface area contributed by atoms with Crippen LogP contribution in [-0.4, -0.2) is 5.78 Å². The van der Waals surface area contributed by atoms with E-state index in [0.717, 1.165) is 23.6 Å². The van der Waals surface area contributed by atoms with Crippen molar-refractivity contribution in [1.82, 2.24) is 0 Å². The van der Waals surface area contributed by atoms with Gasteiger partial charge in [-0.3, -0.25) is 4.79 Å². The maximum atomic E-state index is 11.6. The van der Waals surface area contributed by atoms with Crippen molar-refractivity contribution in [3.63, 3.8) is 0 Å². The lowest BCUT2D eigenvalue weighted by Gasteiger charge is -1.95. The van der Waals surface area contributed by atoms with Gasteiger partial charge in [-0.2, -0.15) is 0 Å². The van der Waals surface area contributed by atoms with Crippen LogP contribution in [0.15, 0.2) is 12.1 Å². The summed E-state index contributed by atoms with van der Waals surface area (Å²) >= 11 is 1.62. The molecule has 0 unspecified atom stereocenters. The zero-order valence-corrected chi connectivity index (χ0v) is 8.69. The lowest BCUT2D eigenvalue weighted by Crippen LogP contribution is -1.95. The molecule has 1 saturated carbocycles.